The molecule has 0 radical (unpaired) electrons. The van der Waals surface area contributed by atoms with E-state index in [0.717, 1.165) is 6.42 Å². The maximum atomic E-state index is 11.1. The van der Waals surface area contributed by atoms with E-state index in [9.17, 15) is 4.79 Å². The Morgan fingerprint density at radius 1 is 1.36 bits per heavy atom. The zero-order valence-corrected chi connectivity index (χ0v) is 10.6. The summed E-state index contributed by atoms with van der Waals surface area (Å²) in [6.45, 7) is 13.5. The van der Waals surface area contributed by atoms with Crippen LogP contribution in [0.2, 0.25) is 0 Å². The molecule has 3 nitrogen and oxygen atoms in total. The molecule has 0 aromatic carbocycles. The molecule has 3 heteroatoms. The topological polar surface area (TPSA) is 38.3 Å². The van der Waals surface area contributed by atoms with Crippen molar-refractivity contribution in [1.82, 2.24) is 5.32 Å². The second kappa shape index (κ2) is 7.65. The van der Waals surface area contributed by atoms with Crippen LogP contribution in [0.15, 0.2) is 0 Å². The number of rotatable bonds is 2. The van der Waals surface area contributed by atoms with Gasteiger partial charge in [0.05, 0.1) is 0 Å². The van der Waals surface area contributed by atoms with Crippen LogP contribution in [0, 0.1) is 0 Å². The third kappa shape index (κ3) is 11.3. The molecule has 0 aromatic rings. The van der Waals surface area contributed by atoms with Gasteiger partial charge in [-0.1, -0.05) is 20.8 Å². The third-order valence-corrected chi connectivity index (χ3v) is 1.38. The Bertz CT molecular complexity index is 150. The molecule has 0 fully saturated rings. The van der Waals surface area contributed by atoms with Crippen molar-refractivity contribution in [3.05, 3.63) is 0 Å². The Kier molecular flexibility index (Phi) is 8.60. The number of hydrogen-bond donors (Lipinski definition) is 1. The summed E-state index contributed by atoms with van der Waals surface area (Å²) in [5, 5.41) is 2.72. The lowest BCUT2D eigenvalue weighted by molar-refractivity contribution is 0.0507. The highest BCUT2D eigenvalue weighted by Crippen LogP contribution is 2.06. The third-order valence-electron chi connectivity index (χ3n) is 1.38. The van der Waals surface area contributed by atoms with Gasteiger partial charge in [0, 0.05) is 6.04 Å². The van der Waals surface area contributed by atoms with E-state index < -0.39 is 5.60 Å². The molecule has 0 bridgehead atoms. The van der Waals surface area contributed by atoms with Crippen LogP contribution < -0.4 is 5.32 Å². The first-order valence-electron chi connectivity index (χ1n) is 5.34. The molecule has 0 saturated carbocycles. The molecule has 0 aliphatic carbocycles. The first-order chi connectivity index (χ1) is 6.35. The van der Waals surface area contributed by atoms with Crippen LogP contribution >= 0.6 is 0 Å². The first-order valence-corrected chi connectivity index (χ1v) is 5.34. The van der Waals surface area contributed by atoms with Crippen LogP contribution in [0.3, 0.4) is 0 Å². The highest BCUT2D eigenvalue weighted by Gasteiger charge is 2.16. The number of hydrogen-bond acceptors (Lipinski definition) is 2. The van der Waals surface area contributed by atoms with E-state index in [1.54, 1.807) is 0 Å². The highest BCUT2D eigenvalue weighted by molar-refractivity contribution is 5.67. The molecule has 0 heterocycles. The van der Waals surface area contributed by atoms with Crippen molar-refractivity contribution in [3.8, 4) is 0 Å². The zero-order chi connectivity index (χ0) is 11.8. The first kappa shape index (κ1) is 15.7. The Labute approximate surface area is 88.2 Å². The smallest absolute Gasteiger partial charge is 0.407 e. The molecule has 14 heavy (non-hydrogen) atoms. The second-order valence-corrected chi connectivity index (χ2v) is 3.96. The van der Waals surface area contributed by atoms with Gasteiger partial charge in [-0.15, -0.1) is 0 Å². The van der Waals surface area contributed by atoms with Gasteiger partial charge >= 0.3 is 6.09 Å². The summed E-state index contributed by atoms with van der Waals surface area (Å²) >= 11 is 0. The molecular formula is C11H25NO2. The number of nitrogens with one attached hydrogen (secondary N) is 1. The Morgan fingerprint density at radius 2 is 1.79 bits per heavy atom. The summed E-state index contributed by atoms with van der Waals surface area (Å²) in [7, 11) is 0. The van der Waals surface area contributed by atoms with E-state index in [1.807, 2.05) is 48.5 Å². The van der Waals surface area contributed by atoms with Gasteiger partial charge in [0.2, 0.25) is 0 Å². The fraction of sp³-hybridized carbons (Fsp3) is 0.909. The minimum Gasteiger partial charge on any atom is -0.444 e. The van der Waals surface area contributed by atoms with Crippen molar-refractivity contribution >= 4 is 6.09 Å². The molecule has 0 spiro atoms. The van der Waals surface area contributed by atoms with Crippen molar-refractivity contribution in [1.29, 1.82) is 0 Å². The number of alkyl carbamates (subject to hydrolysis) is 1. The van der Waals surface area contributed by atoms with Crippen LogP contribution in [-0.2, 0) is 4.74 Å². The van der Waals surface area contributed by atoms with Gasteiger partial charge in [-0.2, -0.15) is 0 Å². The maximum absolute atomic E-state index is 11.1. The van der Waals surface area contributed by atoms with Gasteiger partial charge in [-0.3, -0.25) is 0 Å². The van der Waals surface area contributed by atoms with Gasteiger partial charge in [-0.25, -0.2) is 4.79 Å². The summed E-state index contributed by atoms with van der Waals surface area (Å²) in [6, 6.07) is 0.180. The summed E-state index contributed by atoms with van der Waals surface area (Å²) in [5.41, 5.74) is -0.405. The molecule has 1 unspecified atom stereocenters. The molecule has 0 aliphatic heterocycles. The van der Waals surface area contributed by atoms with E-state index in [1.165, 1.54) is 0 Å². The van der Waals surface area contributed by atoms with Crippen LogP contribution in [-0.4, -0.2) is 17.7 Å². The molecule has 1 N–H and O–H groups in total. The summed E-state index contributed by atoms with van der Waals surface area (Å²) < 4.78 is 5.06. The van der Waals surface area contributed by atoms with Gasteiger partial charge in [-0.05, 0) is 34.1 Å². The van der Waals surface area contributed by atoms with Crippen molar-refractivity contribution < 1.29 is 9.53 Å². The molecule has 0 aliphatic rings. The van der Waals surface area contributed by atoms with E-state index in [-0.39, 0.29) is 12.1 Å². The number of amides is 1. The number of carbonyl (C=O) groups excluding carboxylic acids is 1. The van der Waals surface area contributed by atoms with Crippen LogP contribution in [0.25, 0.3) is 0 Å². The van der Waals surface area contributed by atoms with Crippen molar-refractivity contribution in [3.63, 3.8) is 0 Å². The molecule has 1 amide bonds. The average molecular weight is 203 g/mol. The lowest BCUT2D eigenvalue weighted by Gasteiger charge is -2.21. The summed E-state index contributed by atoms with van der Waals surface area (Å²) in [4.78, 5) is 11.1. The zero-order valence-electron chi connectivity index (χ0n) is 10.6. The average Bonchev–Trinajstić information content (AvgIpc) is 2.04. The van der Waals surface area contributed by atoms with E-state index in [2.05, 4.69) is 5.32 Å². The van der Waals surface area contributed by atoms with Gasteiger partial charge in [0.1, 0.15) is 5.60 Å². The lowest BCUT2D eigenvalue weighted by atomic mass is 10.2. The van der Waals surface area contributed by atoms with Gasteiger partial charge in [0.25, 0.3) is 0 Å². The van der Waals surface area contributed by atoms with Crippen LogP contribution in [0.1, 0.15) is 54.9 Å². The Morgan fingerprint density at radius 3 is 2.07 bits per heavy atom. The standard InChI is InChI=1S/C9H19NO2.C2H6/c1-6-7(2)10-8(11)12-9(3,4)5;1-2/h7H,6H2,1-5H3,(H,10,11);1-2H3. The lowest BCUT2D eigenvalue weighted by Crippen LogP contribution is -2.37. The molecular weight excluding hydrogens is 178 g/mol. The quantitative estimate of drug-likeness (QED) is 0.747. The Balaban J connectivity index is 0. The van der Waals surface area contributed by atoms with Crippen molar-refractivity contribution in [2.45, 2.75) is 66.5 Å². The Hall–Kier alpha value is -0.730. The predicted molar refractivity (Wildman–Crippen MR) is 60.5 cm³/mol. The predicted octanol–water partition coefficient (Wildman–Crippen LogP) is 3.34. The minimum atomic E-state index is -0.405. The fourth-order valence-corrected chi connectivity index (χ4v) is 0.611. The highest BCUT2D eigenvalue weighted by atomic mass is 16.6. The molecule has 1 atom stereocenters. The van der Waals surface area contributed by atoms with Crippen LogP contribution in [0.5, 0.6) is 0 Å². The van der Waals surface area contributed by atoms with Gasteiger partial charge in [0.15, 0.2) is 0 Å². The fourth-order valence-electron chi connectivity index (χ4n) is 0.611. The largest absolute Gasteiger partial charge is 0.444 e. The normalized spacial score (nSPS) is 12.2. The minimum absolute atomic E-state index is 0.180. The number of ether oxygens (including phenoxy) is 1. The van der Waals surface area contributed by atoms with Crippen molar-refractivity contribution in [2.24, 2.45) is 0 Å². The molecule has 86 valence electrons. The van der Waals surface area contributed by atoms with E-state index in [0.29, 0.717) is 0 Å². The van der Waals surface area contributed by atoms with Crippen molar-refractivity contribution in [2.75, 3.05) is 0 Å². The van der Waals surface area contributed by atoms with E-state index in [4.69, 9.17) is 4.74 Å². The number of carbonyl (C=O) groups is 1. The van der Waals surface area contributed by atoms with Gasteiger partial charge < -0.3 is 10.1 Å². The SMILES string of the molecule is CC.CCC(C)NC(=O)OC(C)(C)C. The maximum Gasteiger partial charge on any atom is 0.407 e. The molecule has 0 rings (SSSR count). The second-order valence-electron chi connectivity index (χ2n) is 3.96. The summed E-state index contributed by atoms with van der Waals surface area (Å²) in [6.07, 6.45) is 0.580. The molecule has 0 saturated heterocycles. The van der Waals surface area contributed by atoms with Crippen LogP contribution in [0.4, 0.5) is 4.79 Å². The summed E-state index contributed by atoms with van der Waals surface area (Å²) in [5.74, 6) is 0. The molecule has 0 aromatic heterocycles. The van der Waals surface area contributed by atoms with E-state index >= 15 is 0 Å². The monoisotopic (exact) mass is 203 g/mol.